The molecular weight excluding hydrogens is 540 g/mol. The summed E-state index contributed by atoms with van der Waals surface area (Å²) >= 11 is 0. The zero-order valence-electron chi connectivity index (χ0n) is 24.8. The molecule has 0 unspecified atom stereocenters. The van der Waals surface area contributed by atoms with Gasteiger partial charge in [-0.15, -0.1) is 0 Å². The lowest BCUT2D eigenvalue weighted by molar-refractivity contribution is -0.133. The number of carbonyl (C=O) groups excluding carboxylic acids is 4. The van der Waals surface area contributed by atoms with Gasteiger partial charge in [0.05, 0.1) is 33.5 Å². The minimum absolute atomic E-state index is 0.136. The molecule has 3 N–H and O–H groups in total. The zero-order valence-corrected chi connectivity index (χ0v) is 24.8. The van der Waals surface area contributed by atoms with Crippen LogP contribution in [0.4, 0.5) is 0 Å². The van der Waals surface area contributed by atoms with Crippen molar-refractivity contribution in [2.45, 2.75) is 51.4 Å². The Labute approximate surface area is 247 Å². The van der Waals surface area contributed by atoms with Gasteiger partial charge in [-0.1, -0.05) is 42.5 Å². The van der Waals surface area contributed by atoms with Crippen molar-refractivity contribution in [1.82, 2.24) is 20.9 Å². The van der Waals surface area contributed by atoms with Crippen molar-refractivity contribution in [2.24, 2.45) is 0 Å². The predicted octanol–water partition coefficient (Wildman–Crippen LogP) is 1.09. The molecule has 0 aliphatic carbocycles. The quantitative estimate of drug-likeness (QED) is 0.206. The second-order valence-corrected chi connectivity index (χ2v) is 10.4. The molecule has 0 bridgehead atoms. The molecule has 0 radical (unpaired) electrons. The van der Waals surface area contributed by atoms with Gasteiger partial charge in [0.2, 0.25) is 17.7 Å². The van der Waals surface area contributed by atoms with Gasteiger partial charge in [-0.25, -0.2) is 0 Å². The average Bonchev–Trinajstić information content (AvgIpc) is 3.84. The summed E-state index contributed by atoms with van der Waals surface area (Å²) < 4.78 is 15.7. The van der Waals surface area contributed by atoms with Crippen LogP contribution in [0.1, 0.15) is 26.3 Å². The summed E-state index contributed by atoms with van der Waals surface area (Å²) in [5, 5.41) is 8.24. The van der Waals surface area contributed by atoms with Crippen LogP contribution in [0.25, 0.3) is 0 Å². The number of nitrogens with one attached hydrogen (secondary N) is 3. The number of amides is 3. The zero-order chi connectivity index (χ0) is 30.6. The number of allylic oxidation sites excluding steroid dienone is 3. The summed E-state index contributed by atoms with van der Waals surface area (Å²) in [4.78, 5) is 54.4. The fourth-order valence-electron chi connectivity index (χ4n) is 4.24. The molecule has 0 aromatic heterocycles. The molecule has 1 aromatic rings. The Balaban J connectivity index is 1.74. The molecule has 2 aliphatic heterocycles. The smallest absolute Gasteiger partial charge is 0.243 e. The van der Waals surface area contributed by atoms with Crippen LogP contribution in [0.3, 0.4) is 0 Å². The summed E-state index contributed by atoms with van der Waals surface area (Å²) in [5.41, 5.74) is 2.12. The normalized spacial score (nSPS) is 19.3. The molecule has 2 saturated heterocycles. The van der Waals surface area contributed by atoms with E-state index in [9.17, 15) is 19.2 Å². The van der Waals surface area contributed by atoms with E-state index in [1.54, 1.807) is 50.5 Å². The van der Waals surface area contributed by atoms with Crippen LogP contribution >= 0.6 is 0 Å². The third kappa shape index (κ3) is 10.2. The maximum atomic E-state index is 13.6. The topological polar surface area (TPSA) is 139 Å². The Morgan fingerprint density at radius 2 is 1.74 bits per heavy atom. The number of hydrogen-bond donors (Lipinski definition) is 3. The Bertz CT molecular complexity index is 1180. The monoisotopic (exact) mass is 582 g/mol. The van der Waals surface area contributed by atoms with Gasteiger partial charge in [0.25, 0.3) is 0 Å². The van der Waals surface area contributed by atoms with Crippen LogP contribution in [0.2, 0.25) is 0 Å². The van der Waals surface area contributed by atoms with E-state index >= 15 is 0 Å². The number of nitrogens with zero attached hydrogens (tertiary/aromatic N) is 1. The Morgan fingerprint density at radius 1 is 1.07 bits per heavy atom. The van der Waals surface area contributed by atoms with Crippen LogP contribution < -0.4 is 20.7 Å². The number of methoxy groups -OCH3 is 1. The second-order valence-electron chi connectivity index (χ2n) is 10.4. The Hall–Kier alpha value is -3.80. The Morgan fingerprint density at radius 3 is 2.33 bits per heavy atom. The van der Waals surface area contributed by atoms with Crippen LogP contribution in [0, 0.1) is 0 Å². The van der Waals surface area contributed by atoms with Crippen molar-refractivity contribution in [1.29, 1.82) is 0 Å². The summed E-state index contributed by atoms with van der Waals surface area (Å²) in [5.74, 6) is -1.06. The highest BCUT2D eigenvalue weighted by atomic mass is 16.6. The summed E-state index contributed by atoms with van der Waals surface area (Å²) in [6, 6.07) is 4.12. The lowest BCUT2D eigenvalue weighted by atomic mass is 9.99. The number of ether oxygens (including phenoxy) is 3. The third-order valence-corrected chi connectivity index (χ3v) is 7.08. The van der Waals surface area contributed by atoms with Gasteiger partial charge in [0.15, 0.2) is 5.78 Å². The summed E-state index contributed by atoms with van der Waals surface area (Å²) in [6.45, 7) is 12.2. The van der Waals surface area contributed by atoms with Gasteiger partial charge in [-0.2, -0.15) is 0 Å². The minimum atomic E-state index is -1.05. The number of rotatable bonds is 15. The highest BCUT2D eigenvalue weighted by Gasteiger charge is 2.39. The van der Waals surface area contributed by atoms with E-state index in [1.807, 2.05) is 24.8 Å². The van der Waals surface area contributed by atoms with Crippen molar-refractivity contribution in [3.05, 3.63) is 65.8 Å². The molecule has 0 spiro atoms. The van der Waals surface area contributed by atoms with Crippen LogP contribution in [0.5, 0.6) is 5.75 Å². The molecule has 2 fully saturated rings. The maximum absolute atomic E-state index is 13.6. The van der Waals surface area contributed by atoms with E-state index in [4.69, 9.17) is 14.2 Å². The highest BCUT2D eigenvalue weighted by molar-refractivity contribution is 5.98. The molecule has 3 rings (SSSR count). The molecule has 228 valence electrons. The van der Waals surface area contributed by atoms with E-state index in [1.165, 1.54) is 0 Å². The van der Waals surface area contributed by atoms with Gasteiger partial charge in [-0.05, 0) is 44.0 Å². The summed E-state index contributed by atoms with van der Waals surface area (Å²) in [6.07, 6.45) is 4.92. The molecule has 3 amide bonds. The first-order valence-corrected chi connectivity index (χ1v) is 14.1. The van der Waals surface area contributed by atoms with E-state index in [-0.39, 0.29) is 31.3 Å². The first kappa shape index (κ1) is 32.7. The van der Waals surface area contributed by atoms with Gasteiger partial charge in [-0.3, -0.25) is 24.1 Å². The lowest BCUT2D eigenvalue weighted by Gasteiger charge is -2.27. The lowest BCUT2D eigenvalue weighted by Crippen LogP contribution is -2.57. The largest absolute Gasteiger partial charge is 0.497 e. The van der Waals surface area contributed by atoms with Gasteiger partial charge < -0.3 is 30.2 Å². The van der Waals surface area contributed by atoms with Crippen molar-refractivity contribution in [2.75, 3.05) is 46.6 Å². The molecule has 0 saturated carbocycles. The molecule has 1 aromatic carbocycles. The summed E-state index contributed by atoms with van der Waals surface area (Å²) in [7, 11) is 1.56. The highest BCUT2D eigenvalue weighted by Crippen LogP contribution is 2.18. The SMILES string of the molecule is C=C(/C=C\C(C)=C/C)[C@H](NC(=O)[C@H](Cc1ccc(OC)cc1)NC(=O)[C@H](C)NC(=O)CN1CCOCC1)C(=O)[C@H]1CO1. The number of morpholine rings is 1. The first-order chi connectivity index (χ1) is 20.1. The molecule has 2 heterocycles. The van der Waals surface area contributed by atoms with Gasteiger partial charge in [0.1, 0.15) is 30.0 Å². The molecule has 42 heavy (non-hydrogen) atoms. The average molecular weight is 583 g/mol. The van der Waals surface area contributed by atoms with E-state index < -0.39 is 36.0 Å². The van der Waals surface area contributed by atoms with Gasteiger partial charge in [0, 0.05) is 19.5 Å². The molecule has 2 aliphatic rings. The molecule has 11 heteroatoms. The standard InChI is InChI=1S/C31H42N4O7/c1-6-20(2)7-8-21(3)28(29(37)26-19-42-26)34-31(39)25(17-23-9-11-24(40-5)12-10-23)33-30(38)22(4)32-27(36)18-35-13-15-41-16-14-35/h6-12,22,25-26,28H,3,13-19H2,1-2,4-5H3,(H,32,36)(H,33,38)(H,34,39)/b8-7-,20-6-/t22-,25-,26+,28-/m0/s1. The third-order valence-electron chi connectivity index (χ3n) is 7.08. The van der Waals surface area contributed by atoms with E-state index in [2.05, 4.69) is 22.5 Å². The van der Waals surface area contributed by atoms with Crippen LogP contribution in [-0.4, -0.2) is 99.2 Å². The van der Waals surface area contributed by atoms with Crippen molar-refractivity contribution >= 4 is 23.5 Å². The number of hydrogen-bond acceptors (Lipinski definition) is 8. The molecule has 11 nitrogen and oxygen atoms in total. The molecular formula is C31H42N4O7. The Kier molecular flexibility index (Phi) is 12.5. The number of benzene rings is 1. The fourth-order valence-corrected chi connectivity index (χ4v) is 4.24. The van der Waals surface area contributed by atoms with Crippen molar-refractivity contribution in [3.63, 3.8) is 0 Å². The first-order valence-electron chi connectivity index (χ1n) is 14.1. The molecule has 4 atom stereocenters. The number of ketones is 1. The number of Topliss-reactive ketones (excluding diaryl/α,β-unsaturated/α-hetero) is 1. The predicted molar refractivity (Wildman–Crippen MR) is 158 cm³/mol. The second kappa shape index (κ2) is 16.0. The van der Waals surface area contributed by atoms with Crippen molar-refractivity contribution in [3.8, 4) is 5.75 Å². The minimum Gasteiger partial charge on any atom is -0.497 e. The maximum Gasteiger partial charge on any atom is 0.243 e. The van der Waals surface area contributed by atoms with Gasteiger partial charge >= 0.3 is 0 Å². The number of carbonyl (C=O) groups is 4. The van der Waals surface area contributed by atoms with E-state index in [0.29, 0.717) is 37.6 Å². The number of epoxide rings is 1. The van der Waals surface area contributed by atoms with Crippen LogP contribution in [-0.2, 0) is 35.1 Å². The van der Waals surface area contributed by atoms with Crippen molar-refractivity contribution < 1.29 is 33.4 Å². The van der Waals surface area contributed by atoms with Crippen LogP contribution in [0.15, 0.2) is 60.2 Å². The fraction of sp³-hybridized carbons (Fsp3) is 0.484. The van der Waals surface area contributed by atoms with E-state index in [0.717, 1.165) is 11.1 Å².